The van der Waals surface area contributed by atoms with Crippen molar-refractivity contribution < 1.29 is 9.53 Å². The lowest BCUT2D eigenvalue weighted by atomic mass is 9.81. The van der Waals surface area contributed by atoms with Crippen molar-refractivity contribution >= 4 is 5.91 Å². The Morgan fingerprint density at radius 1 is 1.15 bits per heavy atom. The molecule has 1 aliphatic carbocycles. The number of fused-ring (bicyclic) bond motifs is 1. The zero-order valence-corrected chi connectivity index (χ0v) is 18.8. The van der Waals surface area contributed by atoms with E-state index in [9.17, 15) is 4.79 Å². The van der Waals surface area contributed by atoms with E-state index in [2.05, 4.69) is 27.2 Å². The summed E-state index contributed by atoms with van der Waals surface area (Å²) in [5.74, 6) is 1.21. The minimum absolute atomic E-state index is 0.0551. The predicted octanol–water partition coefficient (Wildman–Crippen LogP) is 2.77. The Hall–Kier alpha value is -3.23. The van der Waals surface area contributed by atoms with Gasteiger partial charge in [-0.3, -0.25) is 19.9 Å². The second-order valence-corrected chi connectivity index (χ2v) is 8.72. The molecule has 0 bridgehead atoms. The Kier molecular flexibility index (Phi) is 6.37. The summed E-state index contributed by atoms with van der Waals surface area (Å²) in [4.78, 5) is 17.1. The molecule has 1 amide bonds. The third-order valence-corrected chi connectivity index (χ3v) is 6.68. The van der Waals surface area contributed by atoms with Crippen LogP contribution in [0.4, 0.5) is 0 Å². The predicted molar refractivity (Wildman–Crippen MR) is 126 cm³/mol. The van der Waals surface area contributed by atoms with Crippen molar-refractivity contribution in [3.05, 3.63) is 54.9 Å². The second kappa shape index (κ2) is 9.72. The van der Waals surface area contributed by atoms with E-state index in [1.54, 1.807) is 13.3 Å². The van der Waals surface area contributed by atoms with Crippen LogP contribution < -0.4 is 20.9 Å². The van der Waals surface area contributed by atoms with Crippen LogP contribution in [0, 0.1) is 5.92 Å². The lowest BCUT2D eigenvalue weighted by Gasteiger charge is -2.26. The van der Waals surface area contributed by atoms with Crippen LogP contribution >= 0.6 is 0 Å². The molecule has 8 heteroatoms. The van der Waals surface area contributed by atoms with Gasteiger partial charge in [0.1, 0.15) is 11.8 Å². The van der Waals surface area contributed by atoms with Crippen LogP contribution in [0.2, 0.25) is 0 Å². The van der Waals surface area contributed by atoms with Crippen molar-refractivity contribution in [1.29, 1.82) is 0 Å². The Morgan fingerprint density at radius 2 is 2.03 bits per heavy atom. The number of hydrazine groups is 1. The lowest BCUT2D eigenvalue weighted by Crippen LogP contribution is -2.46. The number of methoxy groups -OCH3 is 1. The molecule has 1 aliphatic heterocycles. The van der Waals surface area contributed by atoms with Crippen LogP contribution in [0.5, 0.6) is 5.75 Å². The van der Waals surface area contributed by atoms with Crippen molar-refractivity contribution in [2.45, 2.75) is 44.3 Å². The topological polar surface area (TPSA) is 93.1 Å². The molecule has 3 heterocycles. The van der Waals surface area contributed by atoms with E-state index >= 15 is 0 Å². The second-order valence-electron chi connectivity index (χ2n) is 8.72. The van der Waals surface area contributed by atoms with Gasteiger partial charge in [0.2, 0.25) is 5.91 Å². The smallest absolute Gasteiger partial charge is 0.238 e. The van der Waals surface area contributed by atoms with E-state index in [1.807, 2.05) is 47.3 Å². The van der Waals surface area contributed by atoms with Crippen molar-refractivity contribution in [3.8, 4) is 28.3 Å². The zero-order chi connectivity index (χ0) is 22.6. The number of hydrogen-bond donors (Lipinski definition) is 3. The highest BCUT2D eigenvalue weighted by atomic mass is 16.5. The highest BCUT2D eigenvalue weighted by Crippen LogP contribution is 2.30. The molecular weight excluding hydrogens is 416 g/mol. The molecule has 3 N–H and O–H groups in total. The van der Waals surface area contributed by atoms with Gasteiger partial charge in [-0.05, 0) is 43.2 Å². The van der Waals surface area contributed by atoms with Gasteiger partial charge in [-0.15, -0.1) is 0 Å². The molecular formula is C25H30N6O2. The molecule has 0 radical (unpaired) electrons. The van der Waals surface area contributed by atoms with Crippen LogP contribution in [0.15, 0.2) is 54.9 Å². The van der Waals surface area contributed by atoms with Gasteiger partial charge in [-0.1, -0.05) is 25.0 Å². The van der Waals surface area contributed by atoms with Gasteiger partial charge in [-0.25, -0.2) is 5.43 Å². The van der Waals surface area contributed by atoms with Crippen LogP contribution in [-0.4, -0.2) is 46.4 Å². The quantitative estimate of drug-likeness (QED) is 0.517. The first-order chi connectivity index (χ1) is 16.2. The number of carbonyl (C=O) groups excluding carboxylic acids is 1. The Morgan fingerprint density at radius 3 is 2.88 bits per heavy atom. The molecule has 1 aromatic carbocycles. The lowest BCUT2D eigenvalue weighted by molar-refractivity contribution is -0.124. The molecule has 5 rings (SSSR count). The molecule has 3 aromatic rings. The Balaban J connectivity index is 1.32. The monoisotopic (exact) mass is 446 g/mol. The Labute approximate surface area is 193 Å². The number of carbonyl (C=O) groups is 1. The molecule has 33 heavy (non-hydrogen) atoms. The summed E-state index contributed by atoms with van der Waals surface area (Å²) in [6, 6.07) is 14.1. The minimum Gasteiger partial charge on any atom is -0.497 e. The van der Waals surface area contributed by atoms with E-state index in [-0.39, 0.29) is 11.9 Å². The summed E-state index contributed by atoms with van der Waals surface area (Å²) < 4.78 is 7.36. The first-order valence-corrected chi connectivity index (χ1v) is 11.6. The third kappa shape index (κ3) is 4.62. The first kappa shape index (κ1) is 21.6. The average molecular weight is 447 g/mol. The maximum absolute atomic E-state index is 12.9. The van der Waals surface area contributed by atoms with Gasteiger partial charge in [0, 0.05) is 42.0 Å². The number of benzene rings is 1. The maximum atomic E-state index is 12.9. The molecule has 0 spiro atoms. The minimum atomic E-state index is -0.170. The summed E-state index contributed by atoms with van der Waals surface area (Å²) in [5, 5.41) is 7.95. The highest BCUT2D eigenvalue weighted by molar-refractivity contribution is 5.82. The fourth-order valence-electron chi connectivity index (χ4n) is 4.95. The first-order valence-electron chi connectivity index (χ1n) is 11.6. The van der Waals surface area contributed by atoms with E-state index in [4.69, 9.17) is 9.84 Å². The fourth-order valence-corrected chi connectivity index (χ4v) is 4.95. The number of pyridine rings is 1. The van der Waals surface area contributed by atoms with Crippen LogP contribution in [0.25, 0.3) is 22.5 Å². The van der Waals surface area contributed by atoms with Crippen molar-refractivity contribution in [3.63, 3.8) is 0 Å². The molecule has 2 aliphatic rings. The van der Waals surface area contributed by atoms with Gasteiger partial charge >= 0.3 is 0 Å². The zero-order valence-electron chi connectivity index (χ0n) is 18.8. The Bertz CT molecular complexity index is 1100. The number of amides is 1. The van der Waals surface area contributed by atoms with Crippen LogP contribution in [0.3, 0.4) is 0 Å². The summed E-state index contributed by atoms with van der Waals surface area (Å²) in [6.07, 6.45) is 8.22. The summed E-state index contributed by atoms with van der Waals surface area (Å²) in [7, 11) is 1.66. The maximum Gasteiger partial charge on any atom is 0.238 e. The molecule has 1 saturated heterocycles. The standard InChI is InChI=1S/C25H30N6O2/c1-33-19-8-4-6-17(14-19)23-15-22(18-7-5-11-26-16-18)30-31(23)13-12-27-25(32)24-20-9-2-3-10-21(20)28-29-24/h4-8,11,14-16,20-21,24,28-29H,2-3,9-10,12-13H2,1H3,(H,27,32). The summed E-state index contributed by atoms with van der Waals surface area (Å²) >= 11 is 0. The van der Waals surface area contributed by atoms with Gasteiger partial charge in [0.25, 0.3) is 0 Å². The van der Waals surface area contributed by atoms with Crippen LogP contribution in [-0.2, 0) is 11.3 Å². The van der Waals surface area contributed by atoms with Crippen molar-refractivity contribution in [2.24, 2.45) is 5.92 Å². The average Bonchev–Trinajstić information content (AvgIpc) is 3.49. The van der Waals surface area contributed by atoms with Crippen molar-refractivity contribution in [1.82, 2.24) is 30.9 Å². The largest absolute Gasteiger partial charge is 0.497 e. The van der Waals surface area contributed by atoms with Gasteiger partial charge in [0.05, 0.1) is 25.0 Å². The molecule has 2 aromatic heterocycles. The number of hydrogen-bond acceptors (Lipinski definition) is 6. The number of ether oxygens (including phenoxy) is 1. The van der Waals surface area contributed by atoms with Crippen molar-refractivity contribution in [2.75, 3.05) is 13.7 Å². The normalized spacial score (nSPS) is 22.0. The highest BCUT2D eigenvalue weighted by Gasteiger charge is 2.40. The van der Waals surface area contributed by atoms with Crippen LogP contribution in [0.1, 0.15) is 25.7 Å². The van der Waals surface area contributed by atoms with E-state index in [0.29, 0.717) is 25.0 Å². The number of rotatable bonds is 7. The summed E-state index contributed by atoms with van der Waals surface area (Å²) in [6.45, 7) is 1.06. The van der Waals surface area contributed by atoms with Gasteiger partial charge in [0.15, 0.2) is 0 Å². The van der Waals surface area contributed by atoms with E-state index in [0.717, 1.165) is 41.1 Å². The number of nitrogens with one attached hydrogen (secondary N) is 3. The molecule has 172 valence electrons. The molecule has 3 unspecified atom stereocenters. The van der Waals surface area contributed by atoms with E-state index in [1.165, 1.54) is 12.8 Å². The van der Waals surface area contributed by atoms with E-state index < -0.39 is 0 Å². The third-order valence-electron chi connectivity index (χ3n) is 6.68. The number of nitrogens with zero attached hydrogens (tertiary/aromatic N) is 3. The number of aromatic nitrogens is 3. The van der Waals surface area contributed by atoms with Gasteiger partial charge < -0.3 is 10.1 Å². The molecule has 8 nitrogen and oxygen atoms in total. The molecule has 2 fully saturated rings. The summed E-state index contributed by atoms with van der Waals surface area (Å²) in [5.41, 5.74) is 10.3. The molecule has 1 saturated carbocycles. The van der Waals surface area contributed by atoms with Gasteiger partial charge in [-0.2, -0.15) is 5.10 Å². The SMILES string of the molecule is COc1cccc(-c2cc(-c3cccnc3)nn2CCNC(=O)C2NNC3CCCCC32)c1. The fraction of sp³-hybridized carbons (Fsp3) is 0.400. The molecule has 3 atom stereocenters.